The first-order chi connectivity index (χ1) is 14.8. The summed E-state index contributed by atoms with van der Waals surface area (Å²) in [5, 5.41) is 2.58. The second-order valence-corrected chi connectivity index (χ2v) is 8.95. The van der Waals surface area contributed by atoms with Crippen molar-refractivity contribution >= 4 is 73.7 Å². The first kappa shape index (κ1) is 23.4. The number of benzene rings is 2. The molecule has 1 aliphatic rings. The van der Waals surface area contributed by atoms with Crippen LogP contribution >= 0.6 is 50.7 Å². The predicted octanol–water partition coefficient (Wildman–Crippen LogP) is 4.45. The third kappa shape index (κ3) is 5.52. The highest BCUT2D eigenvalue weighted by Crippen LogP contribution is 2.35. The Hall–Kier alpha value is -2.24. The largest absolute Gasteiger partial charge is 0.493 e. The Balaban J connectivity index is 1.89. The molecule has 6 nitrogen and oxygen atoms in total. The van der Waals surface area contributed by atoms with Crippen molar-refractivity contribution in [2.24, 2.45) is 0 Å². The number of hydrogen-bond acceptors (Lipinski definition) is 5. The molecule has 2 amide bonds. The summed E-state index contributed by atoms with van der Waals surface area (Å²) in [5.41, 5.74) is 1.57. The monoisotopic (exact) mass is 612 g/mol. The Morgan fingerprint density at radius 3 is 2.58 bits per heavy atom. The zero-order chi connectivity index (χ0) is 22.5. The van der Waals surface area contributed by atoms with Crippen molar-refractivity contribution in [3.05, 3.63) is 73.8 Å². The fourth-order valence-electron chi connectivity index (χ4n) is 2.82. The predicted molar refractivity (Wildman–Crippen MR) is 135 cm³/mol. The van der Waals surface area contributed by atoms with Crippen LogP contribution in [0.1, 0.15) is 11.1 Å². The van der Waals surface area contributed by atoms with E-state index in [0.29, 0.717) is 28.1 Å². The van der Waals surface area contributed by atoms with Crippen LogP contribution < -0.4 is 14.8 Å². The zero-order valence-corrected chi connectivity index (χ0v) is 21.0. The molecule has 1 fully saturated rings. The molecule has 0 unspecified atom stereocenters. The van der Waals surface area contributed by atoms with Crippen molar-refractivity contribution in [2.45, 2.75) is 6.61 Å². The summed E-state index contributed by atoms with van der Waals surface area (Å²) in [6.07, 6.45) is 3.03. The molecule has 2 aromatic carbocycles. The summed E-state index contributed by atoms with van der Waals surface area (Å²) in [4.78, 5) is 26.4. The van der Waals surface area contributed by atoms with Gasteiger partial charge in [0.1, 0.15) is 12.2 Å². The van der Waals surface area contributed by atoms with E-state index >= 15 is 0 Å². The van der Waals surface area contributed by atoms with Gasteiger partial charge in [-0.15, -0.1) is 6.58 Å². The van der Waals surface area contributed by atoms with Crippen molar-refractivity contribution in [3.8, 4) is 11.5 Å². The number of hydrogen-bond donors (Lipinski definition) is 1. The van der Waals surface area contributed by atoms with Gasteiger partial charge in [-0.1, -0.05) is 34.1 Å². The van der Waals surface area contributed by atoms with Crippen LogP contribution in [0.15, 0.2) is 59.1 Å². The molecule has 0 bridgehead atoms. The molecule has 9 heteroatoms. The summed E-state index contributed by atoms with van der Waals surface area (Å²) in [7, 11) is 1.53. The molecule has 1 heterocycles. The lowest BCUT2D eigenvalue weighted by Crippen LogP contribution is -2.53. The lowest BCUT2D eigenvalue weighted by molar-refractivity contribution is -0.128. The van der Waals surface area contributed by atoms with E-state index in [1.807, 2.05) is 24.3 Å². The van der Waals surface area contributed by atoms with E-state index in [9.17, 15) is 9.59 Å². The van der Waals surface area contributed by atoms with E-state index in [1.165, 1.54) is 24.2 Å². The first-order valence-electron chi connectivity index (χ1n) is 9.08. The number of carbonyl (C=O) groups is 2. The number of amides is 2. The lowest BCUT2D eigenvalue weighted by Gasteiger charge is -2.27. The van der Waals surface area contributed by atoms with Crippen LogP contribution in [0, 0.1) is 3.57 Å². The summed E-state index contributed by atoms with van der Waals surface area (Å²) >= 11 is 10.8. The number of halogens is 2. The summed E-state index contributed by atoms with van der Waals surface area (Å²) in [6, 6.07) is 11.5. The minimum atomic E-state index is -0.555. The van der Waals surface area contributed by atoms with Gasteiger partial charge in [0, 0.05) is 14.6 Å². The van der Waals surface area contributed by atoms with Crippen LogP contribution in [0.2, 0.25) is 0 Å². The van der Waals surface area contributed by atoms with Crippen LogP contribution in [0.4, 0.5) is 0 Å². The summed E-state index contributed by atoms with van der Waals surface area (Å²) in [6.45, 7) is 4.19. The number of nitrogens with one attached hydrogen (secondary N) is 1. The topological polar surface area (TPSA) is 67.9 Å². The van der Waals surface area contributed by atoms with E-state index < -0.39 is 11.8 Å². The number of rotatable bonds is 7. The van der Waals surface area contributed by atoms with E-state index in [-0.39, 0.29) is 17.2 Å². The van der Waals surface area contributed by atoms with Crippen LogP contribution in [-0.4, -0.2) is 35.5 Å². The molecule has 0 radical (unpaired) electrons. The molecule has 31 heavy (non-hydrogen) atoms. The maximum absolute atomic E-state index is 12.7. The molecule has 160 valence electrons. The molecule has 1 N–H and O–H groups in total. The average Bonchev–Trinajstić information content (AvgIpc) is 2.74. The number of carbonyl (C=O) groups excluding carboxylic acids is 2. The molecule has 1 aliphatic heterocycles. The fraction of sp³-hybridized carbons (Fsp3) is 0.136. The second kappa shape index (κ2) is 10.4. The van der Waals surface area contributed by atoms with E-state index in [2.05, 4.69) is 50.4 Å². The molecular formula is C22H18BrIN2O4S. The molecule has 0 spiro atoms. The number of methoxy groups -OCH3 is 1. The number of ether oxygens (including phenoxy) is 2. The summed E-state index contributed by atoms with van der Waals surface area (Å²) in [5.74, 6) is -0.0366. The normalized spacial score (nSPS) is 15.1. The van der Waals surface area contributed by atoms with Crippen molar-refractivity contribution in [2.75, 3.05) is 13.7 Å². The van der Waals surface area contributed by atoms with Gasteiger partial charge in [-0.05, 0) is 76.3 Å². The van der Waals surface area contributed by atoms with Crippen molar-refractivity contribution < 1.29 is 19.1 Å². The first-order valence-corrected chi connectivity index (χ1v) is 11.4. The SMILES string of the molecule is C=CCN1C(=O)/C(=C/c2cc(OC)c(OCc3ccc(I)cc3)cc2Br)C(=O)NC1=S. The Morgan fingerprint density at radius 2 is 1.94 bits per heavy atom. The minimum absolute atomic E-state index is 0.0363. The van der Waals surface area contributed by atoms with Gasteiger partial charge in [-0.2, -0.15) is 0 Å². The van der Waals surface area contributed by atoms with Gasteiger partial charge in [-0.25, -0.2) is 0 Å². The molecule has 1 saturated heterocycles. The fourth-order valence-corrected chi connectivity index (χ4v) is 3.87. The maximum atomic E-state index is 12.7. The summed E-state index contributed by atoms with van der Waals surface area (Å²) < 4.78 is 13.2. The van der Waals surface area contributed by atoms with Gasteiger partial charge < -0.3 is 9.47 Å². The number of nitrogens with zero attached hydrogens (tertiary/aromatic N) is 1. The Kier molecular flexibility index (Phi) is 7.84. The molecule has 2 aromatic rings. The van der Waals surface area contributed by atoms with Gasteiger partial charge in [0.15, 0.2) is 16.6 Å². The quantitative estimate of drug-likeness (QED) is 0.165. The standard InChI is InChI=1S/C22H18BrIN2O4S/c1-3-8-26-21(28)16(20(27)25-22(26)31)9-14-10-18(29-2)19(11-17(14)23)30-12-13-4-6-15(24)7-5-13/h3-7,9-11H,1,8,12H2,2H3,(H,25,27,31)/b16-9+. The number of thiocarbonyl (C=S) groups is 1. The van der Waals surface area contributed by atoms with Crippen LogP contribution in [0.3, 0.4) is 0 Å². The highest BCUT2D eigenvalue weighted by Gasteiger charge is 2.32. The van der Waals surface area contributed by atoms with Gasteiger partial charge in [0.05, 0.1) is 7.11 Å². The van der Waals surface area contributed by atoms with Gasteiger partial charge in [-0.3, -0.25) is 19.8 Å². The third-order valence-electron chi connectivity index (χ3n) is 4.39. The average molecular weight is 613 g/mol. The van der Waals surface area contributed by atoms with E-state index in [4.69, 9.17) is 21.7 Å². The minimum Gasteiger partial charge on any atom is -0.493 e. The molecule has 0 aromatic heterocycles. The lowest BCUT2D eigenvalue weighted by atomic mass is 10.1. The molecule has 3 rings (SSSR count). The highest BCUT2D eigenvalue weighted by atomic mass is 127. The van der Waals surface area contributed by atoms with Gasteiger partial charge in [0.25, 0.3) is 11.8 Å². The van der Waals surface area contributed by atoms with Crippen molar-refractivity contribution in [3.63, 3.8) is 0 Å². The Bertz CT molecular complexity index is 1090. The van der Waals surface area contributed by atoms with Crippen molar-refractivity contribution in [1.29, 1.82) is 0 Å². The van der Waals surface area contributed by atoms with Crippen molar-refractivity contribution in [1.82, 2.24) is 10.2 Å². The van der Waals surface area contributed by atoms with Crippen LogP contribution in [-0.2, 0) is 16.2 Å². The maximum Gasteiger partial charge on any atom is 0.265 e. The Morgan fingerprint density at radius 1 is 1.23 bits per heavy atom. The second-order valence-electron chi connectivity index (χ2n) is 6.46. The van der Waals surface area contributed by atoms with E-state index in [1.54, 1.807) is 12.1 Å². The molecular weight excluding hydrogens is 595 g/mol. The molecule has 0 saturated carbocycles. The smallest absolute Gasteiger partial charge is 0.265 e. The zero-order valence-electron chi connectivity index (χ0n) is 16.5. The molecule has 0 atom stereocenters. The van der Waals surface area contributed by atoms with Crippen LogP contribution in [0.25, 0.3) is 6.08 Å². The van der Waals surface area contributed by atoms with E-state index in [0.717, 1.165) is 9.13 Å². The molecule has 0 aliphatic carbocycles. The highest BCUT2D eigenvalue weighted by molar-refractivity contribution is 14.1. The van der Waals surface area contributed by atoms with Crippen LogP contribution in [0.5, 0.6) is 11.5 Å². The van der Waals surface area contributed by atoms with Gasteiger partial charge >= 0.3 is 0 Å². The third-order valence-corrected chi connectivity index (χ3v) is 6.12. The van der Waals surface area contributed by atoms with Gasteiger partial charge in [0.2, 0.25) is 0 Å². The Labute approximate surface area is 207 Å².